The largest absolute Gasteiger partial charge is 0.496 e. The number of carbonyl (C=O) groups is 1. The summed E-state index contributed by atoms with van der Waals surface area (Å²) in [6.07, 6.45) is 0. The summed E-state index contributed by atoms with van der Waals surface area (Å²) in [7, 11) is 1.62. The normalized spacial score (nSPS) is 9.71. The van der Waals surface area contributed by atoms with Gasteiger partial charge in [-0.05, 0) is 25.0 Å². The van der Waals surface area contributed by atoms with Gasteiger partial charge in [0.25, 0.3) is 0 Å². The molecule has 1 aromatic carbocycles. The van der Waals surface area contributed by atoms with Crippen molar-refractivity contribution in [1.29, 1.82) is 0 Å². The Bertz CT molecular complexity index is 359. The van der Waals surface area contributed by atoms with Gasteiger partial charge in [-0.3, -0.25) is 4.79 Å². The van der Waals surface area contributed by atoms with Gasteiger partial charge in [0.05, 0.1) is 7.11 Å². The lowest BCUT2D eigenvalue weighted by Crippen LogP contribution is -2.07. The van der Waals surface area contributed by atoms with Crippen LogP contribution in [0.2, 0.25) is 0 Å². The van der Waals surface area contributed by atoms with E-state index in [2.05, 4.69) is 5.32 Å². The fourth-order valence-electron chi connectivity index (χ4n) is 1.38. The number of methoxy groups -OCH3 is 1. The van der Waals surface area contributed by atoms with Gasteiger partial charge in [0.15, 0.2) is 0 Å². The maximum absolute atomic E-state index is 10.9. The molecule has 0 aliphatic carbocycles. The van der Waals surface area contributed by atoms with Crippen molar-refractivity contribution in [3.8, 4) is 5.75 Å². The summed E-state index contributed by atoms with van der Waals surface area (Å²) >= 11 is 0. The number of nitrogens with one attached hydrogen (secondary N) is 1. The van der Waals surface area contributed by atoms with Crippen LogP contribution in [0.15, 0.2) is 12.1 Å². The average Bonchev–Trinajstić information content (AvgIpc) is 2.09. The molecule has 0 radical (unpaired) electrons. The van der Waals surface area contributed by atoms with Gasteiger partial charge in [0.2, 0.25) is 5.91 Å². The van der Waals surface area contributed by atoms with E-state index in [-0.39, 0.29) is 5.91 Å². The minimum atomic E-state index is -0.0704. The zero-order valence-corrected chi connectivity index (χ0v) is 8.97. The second-order valence-corrected chi connectivity index (χ2v) is 3.32. The smallest absolute Gasteiger partial charge is 0.221 e. The Morgan fingerprint density at radius 2 is 1.93 bits per heavy atom. The summed E-state index contributed by atoms with van der Waals surface area (Å²) in [5.74, 6) is 0.721. The van der Waals surface area contributed by atoms with Gasteiger partial charge in [0, 0.05) is 18.7 Å². The van der Waals surface area contributed by atoms with Gasteiger partial charge >= 0.3 is 0 Å². The minimum absolute atomic E-state index is 0.0704. The third kappa shape index (κ3) is 2.25. The van der Waals surface area contributed by atoms with E-state index in [1.165, 1.54) is 6.92 Å². The molecule has 0 bridgehead atoms. The molecule has 0 unspecified atom stereocenters. The van der Waals surface area contributed by atoms with Crippen molar-refractivity contribution in [2.45, 2.75) is 20.8 Å². The Morgan fingerprint density at radius 3 is 2.43 bits per heavy atom. The first kappa shape index (κ1) is 10.6. The average molecular weight is 193 g/mol. The van der Waals surface area contributed by atoms with Gasteiger partial charge in [-0.1, -0.05) is 6.07 Å². The van der Waals surface area contributed by atoms with Crippen LogP contribution in [0.5, 0.6) is 5.75 Å². The number of hydrogen-bond donors (Lipinski definition) is 1. The van der Waals surface area contributed by atoms with E-state index in [9.17, 15) is 4.79 Å². The first-order valence-corrected chi connectivity index (χ1v) is 4.47. The van der Waals surface area contributed by atoms with Crippen LogP contribution in [-0.4, -0.2) is 13.0 Å². The molecular weight excluding hydrogens is 178 g/mol. The molecular formula is C11H15NO2. The van der Waals surface area contributed by atoms with Gasteiger partial charge < -0.3 is 10.1 Å². The van der Waals surface area contributed by atoms with Crippen LogP contribution in [0.3, 0.4) is 0 Å². The predicted molar refractivity (Wildman–Crippen MR) is 56.8 cm³/mol. The Morgan fingerprint density at radius 1 is 1.29 bits per heavy atom. The van der Waals surface area contributed by atoms with E-state index in [4.69, 9.17) is 4.74 Å². The number of ether oxygens (including phenoxy) is 1. The lowest BCUT2D eigenvalue weighted by Gasteiger charge is -2.11. The van der Waals surface area contributed by atoms with Crippen molar-refractivity contribution in [2.24, 2.45) is 0 Å². The number of aryl methyl sites for hydroxylation is 2. The van der Waals surface area contributed by atoms with Crippen LogP contribution in [0.1, 0.15) is 18.1 Å². The Hall–Kier alpha value is -1.51. The monoisotopic (exact) mass is 193 g/mol. The molecule has 0 saturated heterocycles. The zero-order chi connectivity index (χ0) is 10.7. The van der Waals surface area contributed by atoms with Crippen LogP contribution in [0.25, 0.3) is 0 Å². The number of amides is 1. The SMILES string of the molecule is COc1cc(NC(C)=O)c(C)cc1C. The van der Waals surface area contributed by atoms with Crippen molar-refractivity contribution in [3.63, 3.8) is 0 Å². The molecule has 3 nitrogen and oxygen atoms in total. The number of benzene rings is 1. The van der Waals surface area contributed by atoms with Gasteiger partial charge in [-0.15, -0.1) is 0 Å². The van der Waals surface area contributed by atoms with Crippen molar-refractivity contribution in [1.82, 2.24) is 0 Å². The highest BCUT2D eigenvalue weighted by molar-refractivity contribution is 5.89. The molecule has 1 aromatic rings. The highest BCUT2D eigenvalue weighted by Crippen LogP contribution is 2.25. The maximum atomic E-state index is 10.9. The lowest BCUT2D eigenvalue weighted by atomic mass is 10.1. The zero-order valence-electron chi connectivity index (χ0n) is 8.97. The standard InChI is InChI=1S/C11H15NO2/c1-7-5-8(2)11(14-4)6-10(7)12-9(3)13/h5-6H,1-4H3,(H,12,13). The second-order valence-electron chi connectivity index (χ2n) is 3.32. The van der Waals surface area contributed by atoms with Crippen molar-refractivity contribution >= 4 is 11.6 Å². The molecule has 1 rings (SSSR count). The van der Waals surface area contributed by atoms with Crippen LogP contribution in [0, 0.1) is 13.8 Å². The van der Waals surface area contributed by atoms with Crippen LogP contribution < -0.4 is 10.1 Å². The third-order valence-electron chi connectivity index (χ3n) is 2.05. The molecule has 3 heteroatoms. The third-order valence-corrected chi connectivity index (χ3v) is 2.05. The molecule has 0 saturated carbocycles. The van der Waals surface area contributed by atoms with Crippen molar-refractivity contribution < 1.29 is 9.53 Å². The Labute approximate surface area is 84.1 Å². The molecule has 0 atom stereocenters. The van der Waals surface area contributed by atoms with E-state index in [0.717, 1.165) is 22.6 Å². The van der Waals surface area contributed by atoms with E-state index >= 15 is 0 Å². The molecule has 1 N–H and O–H groups in total. The first-order valence-electron chi connectivity index (χ1n) is 4.47. The Kier molecular flexibility index (Phi) is 3.12. The van der Waals surface area contributed by atoms with Gasteiger partial charge in [-0.2, -0.15) is 0 Å². The topological polar surface area (TPSA) is 38.3 Å². The lowest BCUT2D eigenvalue weighted by molar-refractivity contribution is -0.114. The van der Waals surface area contributed by atoms with E-state index in [1.807, 2.05) is 26.0 Å². The molecule has 76 valence electrons. The van der Waals surface area contributed by atoms with Crippen LogP contribution >= 0.6 is 0 Å². The number of carbonyl (C=O) groups excluding carboxylic acids is 1. The first-order chi connectivity index (χ1) is 6.54. The molecule has 0 spiro atoms. The number of anilines is 1. The maximum Gasteiger partial charge on any atom is 0.221 e. The van der Waals surface area contributed by atoms with Gasteiger partial charge in [0.1, 0.15) is 5.75 Å². The molecule has 0 aromatic heterocycles. The fourth-order valence-corrected chi connectivity index (χ4v) is 1.38. The fraction of sp³-hybridized carbons (Fsp3) is 0.364. The highest BCUT2D eigenvalue weighted by atomic mass is 16.5. The molecule has 0 aliphatic rings. The van der Waals surface area contributed by atoms with E-state index < -0.39 is 0 Å². The molecule has 1 amide bonds. The molecule has 0 heterocycles. The highest BCUT2D eigenvalue weighted by Gasteiger charge is 2.05. The number of hydrogen-bond acceptors (Lipinski definition) is 2. The summed E-state index contributed by atoms with van der Waals surface area (Å²) in [6, 6.07) is 3.83. The summed E-state index contributed by atoms with van der Waals surface area (Å²) in [5.41, 5.74) is 2.91. The van der Waals surface area contributed by atoms with E-state index in [0.29, 0.717) is 0 Å². The summed E-state index contributed by atoms with van der Waals surface area (Å²) < 4.78 is 5.17. The van der Waals surface area contributed by atoms with Crippen molar-refractivity contribution in [2.75, 3.05) is 12.4 Å². The van der Waals surface area contributed by atoms with Crippen LogP contribution in [0.4, 0.5) is 5.69 Å². The van der Waals surface area contributed by atoms with Gasteiger partial charge in [-0.25, -0.2) is 0 Å². The van der Waals surface area contributed by atoms with Crippen molar-refractivity contribution in [3.05, 3.63) is 23.3 Å². The van der Waals surface area contributed by atoms with E-state index in [1.54, 1.807) is 7.11 Å². The predicted octanol–water partition coefficient (Wildman–Crippen LogP) is 2.27. The minimum Gasteiger partial charge on any atom is -0.496 e. The molecule has 14 heavy (non-hydrogen) atoms. The quantitative estimate of drug-likeness (QED) is 0.782. The Balaban J connectivity index is 3.10. The summed E-state index contributed by atoms with van der Waals surface area (Å²) in [4.78, 5) is 10.9. The molecule has 0 aliphatic heterocycles. The number of rotatable bonds is 2. The van der Waals surface area contributed by atoms with Crippen LogP contribution in [-0.2, 0) is 4.79 Å². The second kappa shape index (κ2) is 4.13. The molecule has 0 fully saturated rings. The summed E-state index contributed by atoms with van der Waals surface area (Å²) in [5, 5.41) is 2.76. The summed E-state index contributed by atoms with van der Waals surface area (Å²) in [6.45, 7) is 5.42.